The molecule has 4 aromatic carbocycles. The van der Waals surface area contributed by atoms with Crippen molar-refractivity contribution in [2.45, 2.75) is 24.0 Å². The Morgan fingerprint density at radius 1 is 0.900 bits per heavy atom. The van der Waals surface area contributed by atoms with Crippen molar-refractivity contribution in [2.75, 3.05) is 10.6 Å². The molecule has 0 fully saturated rings. The number of anilines is 2. The van der Waals surface area contributed by atoms with Crippen molar-refractivity contribution >= 4 is 62.5 Å². The Morgan fingerprint density at radius 3 is 2.33 bits per heavy atom. The predicted octanol–water partition coefficient (Wildman–Crippen LogP) is 7.34. The maximum Gasteiger partial charge on any atom is 0.336 e. The number of thioether (sulfide) groups is 1. The zero-order chi connectivity index (χ0) is 28.2. The van der Waals surface area contributed by atoms with E-state index in [2.05, 4.69) is 15.6 Å². The highest BCUT2D eigenvalue weighted by molar-refractivity contribution is 8.00. The fourth-order valence-corrected chi connectivity index (χ4v) is 5.86. The highest BCUT2D eigenvalue weighted by Gasteiger charge is 2.19. The van der Waals surface area contributed by atoms with E-state index in [9.17, 15) is 19.5 Å². The third kappa shape index (κ3) is 6.06. The Bertz CT molecular complexity index is 1730. The molecule has 0 saturated heterocycles. The molecular weight excluding hydrogens is 542 g/mol. The lowest BCUT2D eigenvalue weighted by Gasteiger charge is -2.13. The first-order valence-corrected chi connectivity index (χ1v) is 14.2. The number of hydrogen-bond donors (Lipinski definition) is 3. The average molecular weight is 568 g/mol. The van der Waals surface area contributed by atoms with Crippen LogP contribution in [-0.2, 0) is 4.79 Å². The summed E-state index contributed by atoms with van der Waals surface area (Å²) >= 11 is 2.73. The number of benzene rings is 4. The van der Waals surface area contributed by atoms with Crippen molar-refractivity contribution in [3.05, 3.63) is 107 Å². The van der Waals surface area contributed by atoms with Crippen LogP contribution >= 0.6 is 23.1 Å². The molecule has 0 saturated carbocycles. The second-order valence-corrected chi connectivity index (χ2v) is 11.4. The monoisotopic (exact) mass is 567 g/mol. The topological polar surface area (TPSA) is 108 Å². The number of fused-ring (bicyclic) bond motifs is 1. The van der Waals surface area contributed by atoms with Crippen molar-refractivity contribution < 1.29 is 19.5 Å². The fourth-order valence-electron chi connectivity index (χ4n) is 4.21. The molecule has 1 unspecified atom stereocenters. The number of carbonyl (C=O) groups is 3. The first-order chi connectivity index (χ1) is 19.3. The smallest absolute Gasteiger partial charge is 0.336 e. The predicted molar refractivity (Wildman–Crippen MR) is 162 cm³/mol. The number of nitrogens with one attached hydrogen (secondary N) is 2. The number of aromatic carboxylic acids is 1. The maximum absolute atomic E-state index is 13.2. The van der Waals surface area contributed by atoms with Crippen molar-refractivity contribution in [3.8, 4) is 11.3 Å². The number of thiazole rings is 1. The molecule has 5 rings (SSSR count). The summed E-state index contributed by atoms with van der Waals surface area (Å²) in [6.07, 6.45) is 0. The molecule has 2 amide bonds. The quantitative estimate of drug-likeness (QED) is 0.169. The molecule has 0 spiro atoms. The molecule has 1 heterocycles. The Balaban J connectivity index is 1.26. The van der Waals surface area contributed by atoms with Gasteiger partial charge in [0.15, 0.2) is 5.13 Å². The molecule has 0 aliphatic rings. The van der Waals surface area contributed by atoms with E-state index in [1.165, 1.54) is 34.7 Å². The number of carboxylic acids is 1. The van der Waals surface area contributed by atoms with Crippen LogP contribution < -0.4 is 10.6 Å². The number of carboxylic acid groups (broad SMARTS) is 1. The van der Waals surface area contributed by atoms with Gasteiger partial charge in [0.25, 0.3) is 5.91 Å². The van der Waals surface area contributed by atoms with Crippen molar-refractivity contribution in [2.24, 2.45) is 0 Å². The molecule has 3 N–H and O–H groups in total. The minimum absolute atomic E-state index is 0.0682. The van der Waals surface area contributed by atoms with Gasteiger partial charge in [-0.25, -0.2) is 9.78 Å². The second-order valence-electron chi connectivity index (χ2n) is 9.15. The standard InChI is InChI=1S/C31H25N3O4S2/c1-18-12-14-20(15-13-18)26-17-39-31(33-26)34-28(35)19(2)40-23-9-5-8-22(16-23)32-29(36)24-10-3-6-21-7-4-11-25(27(21)24)30(37)38/h3-17,19H,1-2H3,(H,32,36)(H,37,38)(H,33,34,35). The highest BCUT2D eigenvalue weighted by Crippen LogP contribution is 2.30. The SMILES string of the molecule is Cc1ccc(-c2csc(NC(=O)C(C)Sc3cccc(NC(=O)c4cccc5cccc(C(=O)O)c45)c3)n2)cc1. The van der Waals surface area contributed by atoms with E-state index in [4.69, 9.17) is 0 Å². The van der Waals surface area contributed by atoms with Gasteiger partial charge < -0.3 is 15.7 Å². The van der Waals surface area contributed by atoms with Gasteiger partial charge in [-0.15, -0.1) is 23.1 Å². The van der Waals surface area contributed by atoms with E-state index in [-0.39, 0.29) is 17.0 Å². The largest absolute Gasteiger partial charge is 0.478 e. The molecule has 1 atom stereocenters. The van der Waals surface area contributed by atoms with E-state index in [0.717, 1.165) is 16.2 Å². The number of rotatable bonds is 8. The van der Waals surface area contributed by atoms with Crippen molar-refractivity contribution in [1.82, 2.24) is 4.98 Å². The minimum Gasteiger partial charge on any atom is -0.478 e. The van der Waals surface area contributed by atoms with Crippen LogP contribution in [0.4, 0.5) is 10.8 Å². The van der Waals surface area contributed by atoms with Crippen LogP contribution in [0.1, 0.15) is 33.2 Å². The maximum atomic E-state index is 13.2. The number of aromatic nitrogens is 1. The van der Waals surface area contributed by atoms with E-state index in [0.29, 0.717) is 21.6 Å². The molecule has 0 aliphatic carbocycles. The van der Waals surface area contributed by atoms with Gasteiger partial charge in [0, 0.05) is 32.5 Å². The zero-order valence-electron chi connectivity index (χ0n) is 21.7. The van der Waals surface area contributed by atoms with Crippen LogP contribution in [0.3, 0.4) is 0 Å². The Labute approximate surface area is 239 Å². The molecule has 0 radical (unpaired) electrons. The first-order valence-electron chi connectivity index (χ1n) is 12.4. The highest BCUT2D eigenvalue weighted by atomic mass is 32.2. The molecule has 0 aliphatic heterocycles. The third-order valence-electron chi connectivity index (χ3n) is 6.24. The lowest BCUT2D eigenvalue weighted by Crippen LogP contribution is -2.22. The van der Waals surface area contributed by atoms with E-state index >= 15 is 0 Å². The van der Waals surface area contributed by atoms with Crippen molar-refractivity contribution in [1.29, 1.82) is 0 Å². The van der Waals surface area contributed by atoms with Gasteiger partial charge in [-0.1, -0.05) is 60.2 Å². The summed E-state index contributed by atoms with van der Waals surface area (Å²) in [5, 5.41) is 18.5. The van der Waals surface area contributed by atoms with Gasteiger partial charge >= 0.3 is 5.97 Å². The molecule has 1 aromatic heterocycles. The van der Waals surface area contributed by atoms with Crippen LogP contribution in [0.5, 0.6) is 0 Å². The third-order valence-corrected chi connectivity index (χ3v) is 8.09. The summed E-state index contributed by atoms with van der Waals surface area (Å²) in [7, 11) is 0. The van der Waals surface area contributed by atoms with Gasteiger partial charge in [0.05, 0.1) is 16.5 Å². The normalized spacial score (nSPS) is 11.7. The van der Waals surface area contributed by atoms with Crippen LogP contribution in [-0.4, -0.2) is 33.1 Å². The van der Waals surface area contributed by atoms with Gasteiger partial charge in [-0.2, -0.15) is 0 Å². The van der Waals surface area contributed by atoms with E-state index in [1.54, 1.807) is 48.5 Å². The Kier molecular flexibility index (Phi) is 7.95. The average Bonchev–Trinajstić information content (AvgIpc) is 3.41. The minimum atomic E-state index is -1.10. The van der Waals surface area contributed by atoms with Gasteiger partial charge in [0.2, 0.25) is 5.91 Å². The molecular formula is C31H25N3O4S2. The number of amides is 2. The summed E-state index contributed by atoms with van der Waals surface area (Å²) in [5.74, 6) is -1.69. The van der Waals surface area contributed by atoms with Crippen LogP contribution in [0, 0.1) is 6.92 Å². The van der Waals surface area contributed by atoms with E-state index in [1.807, 2.05) is 49.6 Å². The van der Waals surface area contributed by atoms with Gasteiger partial charge in [-0.05, 0) is 49.6 Å². The second kappa shape index (κ2) is 11.7. The lowest BCUT2D eigenvalue weighted by molar-refractivity contribution is -0.115. The Hall–Kier alpha value is -4.47. The fraction of sp³-hybridized carbons (Fsp3) is 0.0968. The van der Waals surface area contributed by atoms with Crippen LogP contribution in [0.2, 0.25) is 0 Å². The first kappa shape index (κ1) is 27.1. The number of nitrogens with zero attached hydrogens (tertiary/aromatic N) is 1. The summed E-state index contributed by atoms with van der Waals surface area (Å²) in [4.78, 5) is 43.2. The molecule has 0 bridgehead atoms. The summed E-state index contributed by atoms with van der Waals surface area (Å²) in [5.41, 5.74) is 3.85. The Morgan fingerprint density at radius 2 is 1.60 bits per heavy atom. The molecule has 9 heteroatoms. The summed E-state index contributed by atoms with van der Waals surface area (Å²) < 4.78 is 0. The number of carbonyl (C=O) groups excluding carboxylic acids is 2. The lowest BCUT2D eigenvalue weighted by atomic mass is 9.98. The van der Waals surface area contributed by atoms with Gasteiger partial charge in [0.1, 0.15) is 0 Å². The molecule has 40 heavy (non-hydrogen) atoms. The number of hydrogen-bond acceptors (Lipinski definition) is 6. The zero-order valence-corrected chi connectivity index (χ0v) is 23.3. The van der Waals surface area contributed by atoms with E-state index < -0.39 is 17.1 Å². The van der Waals surface area contributed by atoms with Crippen molar-refractivity contribution in [3.63, 3.8) is 0 Å². The molecule has 7 nitrogen and oxygen atoms in total. The molecule has 5 aromatic rings. The summed E-state index contributed by atoms with van der Waals surface area (Å²) in [6, 6.07) is 25.3. The molecule has 200 valence electrons. The van der Waals surface area contributed by atoms with Crippen LogP contribution in [0.15, 0.2) is 95.2 Å². The van der Waals surface area contributed by atoms with Gasteiger partial charge in [-0.3, -0.25) is 9.59 Å². The van der Waals surface area contributed by atoms with Crippen LogP contribution in [0.25, 0.3) is 22.0 Å². The number of aryl methyl sites for hydroxylation is 1. The summed E-state index contributed by atoms with van der Waals surface area (Å²) in [6.45, 7) is 3.84.